The number of aromatic nitrogens is 4. The Hall–Kier alpha value is -2.64. The van der Waals surface area contributed by atoms with E-state index in [1.807, 2.05) is 13.0 Å². The van der Waals surface area contributed by atoms with Gasteiger partial charge in [0.2, 0.25) is 0 Å². The molecule has 1 aliphatic heterocycles. The van der Waals surface area contributed by atoms with Gasteiger partial charge >= 0.3 is 0 Å². The molecule has 3 heterocycles. The van der Waals surface area contributed by atoms with Gasteiger partial charge in [-0.2, -0.15) is 5.10 Å². The van der Waals surface area contributed by atoms with Gasteiger partial charge in [-0.1, -0.05) is 13.8 Å². The predicted molar refractivity (Wildman–Crippen MR) is 87.5 cm³/mol. The smallest absolute Gasteiger partial charge is 0.272 e. The lowest BCUT2D eigenvalue weighted by Gasteiger charge is -2.28. The molecular formula is C16H22N6O2. The number of nitrogens with two attached hydrogens (primary N) is 1. The molecule has 0 spiro atoms. The Morgan fingerprint density at radius 3 is 2.67 bits per heavy atom. The molecule has 2 aromatic heterocycles. The maximum atomic E-state index is 12.9. The molecule has 1 aliphatic rings. The summed E-state index contributed by atoms with van der Waals surface area (Å²) in [6.45, 7) is 8.10. The molecule has 0 radical (unpaired) electrons. The average molecular weight is 330 g/mol. The number of amides is 2. The molecule has 24 heavy (non-hydrogen) atoms. The molecular weight excluding hydrogens is 308 g/mol. The minimum atomic E-state index is -0.501. The summed E-state index contributed by atoms with van der Waals surface area (Å²) in [5.74, 6) is 0.378. The quantitative estimate of drug-likeness (QED) is 0.903. The van der Waals surface area contributed by atoms with Crippen LogP contribution >= 0.6 is 0 Å². The number of imidazole rings is 1. The lowest BCUT2D eigenvalue weighted by Crippen LogP contribution is -2.40. The molecule has 0 bridgehead atoms. The van der Waals surface area contributed by atoms with Crippen LogP contribution in [0.2, 0.25) is 0 Å². The van der Waals surface area contributed by atoms with Crippen molar-refractivity contribution in [2.75, 3.05) is 6.54 Å². The van der Waals surface area contributed by atoms with E-state index in [0.29, 0.717) is 43.4 Å². The fourth-order valence-electron chi connectivity index (χ4n) is 2.92. The van der Waals surface area contributed by atoms with Gasteiger partial charge in [0.1, 0.15) is 17.2 Å². The molecule has 2 N–H and O–H groups in total. The van der Waals surface area contributed by atoms with Crippen LogP contribution in [-0.4, -0.2) is 42.6 Å². The van der Waals surface area contributed by atoms with E-state index in [4.69, 9.17) is 5.73 Å². The first-order valence-electron chi connectivity index (χ1n) is 8.13. The summed E-state index contributed by atoms with van der Waals surface area (Å²) in [6.07, 6.45) is 1.47. The van der Waals surface area contributed by atoms with Crippen LogP contribution in [0.25, 0.3) is 0 Å². The summed E-state index contributed by atoms with van der Waals surface area (Å²) >= 11 is 0. The first-order valence-corrected chi connectivity index (χ1v) is 8.13. The van der Waals surface area contributed by atoms with E-state index in [0.717, 1.165) is 5.69 Å². The van der Waals surface area contributed by atoms with Crippen LogP contribution in [0.3, 0.4) is 0 Å². The summed E-state index contributed by atoms with van der Waals surface area (Å²) < 4.78 is 3.52. The standard InChI is InChI=1S/C16H22N6O2/c1-4-22-12(7-11(19-22)10(2)3)16(24)20-5-6-21-13(15(17)23)8-18-14(21)9-20/h7-8,10H,4-6,9H2,1-3H3,(H2,17,23). The van der Waals surface area contributed by atoms with Crippen LogP contribution in [0.15, 0.2) is 12.3 Å². The second kappa shape index (κ2) is 6.10. The maximum Gasteiger partial charge on any atom is 0.272 e. The van der Waals surface area contributed by atoms with E-state index < -0.39 is 5.91 Å². The number of carbonyl (C=O) groups is 2. The van der Waals surface area contributed by atoms with E-state index in [1.54, 1.807) is 14.1 Å². The zero-order valence-electron chi connectivity index (χ0n) is 14.2. The third-order valence-electron chi connectivity index (χ3n) is 4.31. The maximum absolute atomic E-state index is 12.9. The van der Waals surface area contributed by atoms with Gasteiger partial charge in [-0.15, -0.1) is 0 Å². The SMILES string of the molecule is CCn1nc(C(C)C)cc1C(=O)N1CCn2c(C(N)=O)cnc2C1. The van der Waals surface area contributed by atoms with E-state index in [9.17, 15) is 9.59 Å². The molecule has 8 heteroatoms. The monoisotopic (exact) mass is 330 g/mol. The van der Waals surface area contributed by atoms with Crippen molar-refractivity contribution in [1.29, 1.82) is 0 Å². The van der Waals surface area contributed by atoms with Crippen molar-refractivity contribution in [3.05, 3.63) is 35.2 Å². The summed E-state index contributed by atoms with van der Waals surface area (Å²) in [7, 11) is 0. The molecule has 3 rings (SSSR count). The number of hydrogen-bond acceptors (Lipinski definition) is 4. The lowest BCUT2D eigenvalue weighted by atomic mass is 10.1. The van der Waals surface area contributed by atoms with E-state index >= 15 is 0 Å². The van der Waals surface area contributed by atoms with Crippen molar-refractivity contribution in [3.8, 4) is 0 Å². The molecule has 0 saturated carbocycles. The molecule has 2 amide bonds. The Kier molecular flexibility index (Phi) is 4.13. The van der Waals surface area contributed by atoms with Crippen LogP contribution in [-0.2, 0) is 19.6 Å². The van der Waals surface area contributed by atoms with Crippen molar-refractivity contribution < 1.29 is 9.59 Å². The zero-order valence-corrected chi connectivity index (χ0v) is 14.2. The predicted octanol–water partition coefficient (Wildman–Crippen LogP) is 0.978. The van der Waals surface area contributed by atoms with E-state index in [2.05, 4.69) is 23.9 Å². The van der Waals surface area contributed by atoms with Crippen LogP contribution in [0.1, 0.15) is 59.2 Å². The molecule has 0 saturated heterocycles. The van der Waals surface area contributed by atoms with Gasteiger partial charge in [-0.25, -0.2) is 4.98 Å². The van der Waals surface area contributed by atoms with Crippen molar-refractivity contribution in [3.63, 3.8) is 0 Å². The summed E-state index contributed by atoms with van der Waals surface area (Å²) in [5, 5.41) is 4.50. The minimum absolute atomic E-state index is 0.0638. The second-order valence-corrected chi connectivity index (χ2v) is 6.23. The molecule has 8 nitrogen and oxygen atoms in total. The van der Waals surface area contributed by atoms with Crippen LogP contribution < -0.4 is 5.73 Å². The number of fused-ring (bicyclic) bond motifs is 1. The largest absolute Gasteiger partial charge is 0.364 e. The van der Waals surface area contributed by atoms with Gasteiger partial charge in [0.15, 0.2) is 0 Å². The summed E-state index contributed by atoms with van der Waals surface area (Å²) in [4.78, 5) is 30.3. The third kappa shape index (κ3) is 2.68. The van der Waals surface area contributed by atoms with Crippen LogP contribution in [0.5, 0.6) is 0 Å². The summed E-state index contributed by atoms with van der Waals surface area (Å²) in [6, 6.07) is 1.87. The van der Waals surface area contributed by atoms with Gasteiger partial charge in [0.25, 0.3) is 11.8 Å². The lowest BCUT2D eigenvalue weighted by molar-refractivity contribution is 0.0693. The Labute approximate surface area is 140 Å². The molecule has 0 unspecified atom stereocenters. The van der Waals surface area contributed by atoms with Crippen molar-refractivity contribution in [1.82, 2.24) is 24.2 Å². The van der Waals surface area contributed by atoms with Crippen molar-refractivity contribution >= 4 is 11.8 Å². The van der Waals surface area contributed by atoms with E-state index in [-0.39, 0.29) is 11.8 Å². The first kappa shape index (κ1) is 16.2. The Bertz CT molecular complexity index is 789. The van der Waals surface area contributed by atoms with Crippen LogP contribution in [0.4, 0.5) is 0 Å². The minimum Gasteiger partial charge on any atom is -0.364 e. The molecule has 0 atom stereocenters. The third-order valence-corrected chi connectivity index (χ3v) is 4.31. The first-order chi connectivity index (χ1) is 11.4. The van der Waals surface area contributed by atoms with Gasteiger partial charge in [-0.3, -0.25) is 14.3 Å². The topological polar surface area (TPSA) is 99.0 Å². The second-order valence-electron chi connectivity index (χ2n) is 6.23. The van der Waals surface area contributed by atoms with Crippen molar-refractivity contribution in [2.24, 2.45) is 5.73 Å². The highest BCUT2D eigenvalue weighted by Crippen LogP contribution is 2.19. The molecule has 0 aliphatic carbocycles. The van der Waals surface area contributed by atoms with Crippen molar-refractivity contribution in [2.45, 2.75) is 46.3 Å². The fourth-order valence-corrected chi connectivity index (χ4v) is 2.92. The average Bonchev–Trinajstić information content (AvgIpc) is 3.17. The molecule has 0 aromatic carbocycles. The van der Waals surface area contributed by atoms with Crippen LogP contribution in [0, 0.1) is 0 Å². The Balaban J connectivity index is 1.85. The number of nitrogens with zero attached hydrogens (tertiary/aromatic N) is 5. The number of rotatable bonds is 4. The van der Waals surface area contributed by atoms with E-state index in [1.165, 1.54) is 6.20 Å². The summed E-state index contributed by atoms with van der Waals surface area (Å²) in [5.41, 5.74) is 7.24. The number of aryl methyl sites for hydroxylation is 1. The van der Waals surface area contributed by atoms with Gasteiger partial charge < -0.3 is 15.2 Å². The number of carbonyl (C=O) groups excluding carboxylic acids is 2. The normalized spacial score (nSPS) is 14.1. The van der Waals surface area contributed by atoms with Gasteiger partial charge in [0, 0.05) is 19.6 Å². The Morgan fingerprint density at radius 2 is 2.04 bits per heavy atom. The zero-order chi connectivity index (χ0) is 17.4. The number of primary amides is 1. The molecule has 128 valence electrons. The highest BCUT2D eigenvalue weighted by molar-refractivity contribution is 5.93. The highest BCUT2D eigenvalue weighted by Gasteiger charge is 2.27. The van der Waals surface area contributed by atoms with Gasteiger partial charge in [0.05, 0.1) is 18.4 Å². The Morgan fingerprint density at radius 1 is 1.29 bits per heavy atom. The molecule has 2 aromatic rings. The number of hydrogen-bond donors (Lipinski definition) is 1. The highest BCUT2D eigenvalue weighted by atomic mass is 16.2. The van der Waals surface area contributed by atoms with Gasteiger partial charge in [-0.05, 0) is 18.9 Å². The molecule has 0 fully saturated rings. The fraction of sp³-hybridized carbons (Fsp3) is 0.500.